The zero-order chi connectivity index (χ0) is 20.8. The second-order valence-corrected chi connectivity index (χ2v) is 6.60. The van der Waals surface area contributed by atoms with E-state index < -0.39 is 0 Å². The summed E-state index contributed by atoms with van der Waals surface area (Å²) in [5.41, 5.74) is 1.95. The highest BCUT2D eigenvalue weighted by Gasteiger charge is 2.21. The zero-order valence-corrected chi connectivity index (χ0v) is 20.2. The molecule has 0 saturated heterocycles. The predicted molar refractivity (Wildman–Crippen MR) is 111 cm³/mol. The SMILES string of the molecule is O/N=C/c1n(-c2ccccc2)cc[n+]1CC[n+]1ccn(-c2ccccc2)c1/C=N/O.[Br-].[Br-]. The summed E-state index contributed by atoms with van der Waals surface area (Å²) in [5.74, 6) is 1.48. The summed E-state index contributed by atoms with van der Waals surface area (Å²) in [7, 11) is 0. The van der Waals surface area contributed by atoms with Gasteiger partial charge in [0.05, 0.1) is 0 Å². The summed E-state index contributed by atoms with van der Waals surface area (Å²) < 4.78 is 7.91. The zero-order valence-electron chi connectivity index (χ0n) is 17.0. The van der Waals surface area contributed by atoms with Crippen molar-refractivity contribution >= 4 is 12.4 Å². The molecule has 0 amide bonds. The summed E-state index contributed by atoms with van der Waals surface area (Å²) in [6.07, 6.45) is 10.6. The van der Waals surface area contributed by atoms with Gasteiger partial charge in [-0.15, -0.1) is 0 Å². The van der Waals surface area contributed by atoms with Gasteiger partial charge in [-0.2, -0.15) is 9.13 Å². The Balaban J connectivity index is 0.00000181. The minimum absolute atomic E-state index is 0. The summed E-state index contributed by atoms with van der Waals surface area (Å²) >= 11 is 0. The molecule has 4 rings (SSSR count). The van der Waals surface area contributed by atoms with Crippen LogP contribution in [0.3, 0.4) is 0 Å². The van der Waals surface area contributed by atoms with Crippen molar-refractivity contribution in [2.45, 2.75) is 13.1 Å². The van der Waals surface area contributed by atoms with Gasteiger partial charge in [-0.3, -0.25) is 0 Å². The maximum atomic E-state index is 9.15. The van der Waals surface area contributed by atoms with Crippen LogP contribution in [-0.4, -0.2) is 32.0 Å². The molecule has 0 radical (unpaired) electrons. The minimum Gasteiger partial charge on any atom is -1.00 e. The predicted octanol–water partition coefficient (Wildman–Crippen LogP) is -3.83. The Labute approximate surface area is 206 Å². The summed E-state index contributed by atoms with van der Waals surface area (Å²) in [5, 5.41) is 24.8. The molecule has 2 aromatic carbocycles. The first-order valence-corrected chi connectivity index (χ1v) is 9.49. The lowest BCUT2D eigenvalue weighted by atomic mass is 10.3. The van der Waals surface area contributed by atoms with Crippen molar-refractivity contribution in [1.82, 2.24) is 9.13 Å². The highest BCUT2D eigenvalue weighted by atomic mass is 79.9. The summed E-state index contributed by atoms with van der Waals surface area (Å²) in [6.45, 7) is 1.24. The third-order valence-electron chi connectivity index (χ3n) is 4.87. The van der Waals surface area contributed by atoms with Crippen molar-refractivity contribution in [3.63, 3.8) is 0 Å². The molecular formula is C22H22Br2N6O2. The molecule has 10 heteroatoms. The Hall–Kier alpha value is -3.24. The molecule has 0 saturated carbocycles. The van der Waals surface area contributed by atoms with Crippen molar-refractivity contribution in [3.8, 4) is 11.4 Å². The molecule has 0 bridgehead atoms. The average Bonchev–Trinajstić information content (AvgIpc) is 3.38. The molecule has 32 heavy (non-hydrogen) atoms. The molecule has 0 fully saturated rings. The molecule has 2 N–H and O–H groups in total. The molecule has 0 spiro atoms. The second-order valence-electron chi connectivity index (χ2n) is 6.60. The minimum atomic E-state index is 0. The lowest BCUT2D eigenvalue weighted by molar-refractivity contribution is -0.778. The van der Waals surface area contributed by atoms with Crippen LogP contribution in [0.25, 0.3) is 11.4 Å². The fraction of sp³-hybridized carbons (Fsp3) is 0.0909. The van der Waals surface area contributed by atoms with Crippen LogP contribution in [0.2, 0.25) is 0 Å². The van der Waals surface area contributed by atoms with Crippen LogP contribution in [0, 0.1) is 0 Å². The van der Waals surface area contributed by atoms with Crippen molar-refractivity contribution in [2.24, 2.45) is 10.3 Å². The standard InChI is InChI=1S/C22H20N6O2.2BrH/c29-23-17-21-25(13-15-27(21)19-7-3-1-4-8-19)11-12-26-14-16-28(22(26)18-24-30)20-9-5-2-6-10-20;;/h1-10,13-18H,11-12H2;2*1H. The average molecular weight is 562 g/mol. The van der Waals surface area contributed by atoms with Gasteiger partial charge in [0.25, 0.3) is 0 Å². The fourth-order valence-corrected chi connectivity index (χ4v) is 3.46. The monoisotopic (exact) mass is 560 g/mol. The number of imidazole rings is 2. The molecule has 0 aliphatic carbocycles. The van der Waals surface area contributed by atoms with Crippen molar-refractivity contribution in [2.75, 3.05) is 0 Å². The van der Waals surface area contributed by atoms with Gasteiger partial charge in [0.15, 0.2) is 12.4 Å². The molecular weight excluding hydrogens is 540 g/mol. The van der Waals surface area contributed by atoms with Crippen molar-refractivity contribution in [3.05, 3.63) is 97.1 Å². The van der Waals surface area contributed by atoms with E-state index in [0.29, 0.717) is 13.1 Å². The molecule has 8 nitrogen and oxygen atoms in total. The lowest BCUT2D eigenvalue weighted by Crippen LogP contribution is -3.00. The quantitative estimate of drug-likeness (QED) is 0.105. The molecule has 0 aliphatic heterocycles. The van der Waals surface area contributed by atoms with Gasteiger partial charge in [-0.05, 0) is 24.3 Å². The number of nitrogens with zero attached hydrogens (tertiary/aromatic N) is 6. The largest absolute Gasteiger partial charge is 1.00 e. The Morgan fingerprint density at radius 3 is 1.38 bits per heavy atom. The molecule has 4 aromatic rings. The van der Waals surface area contributed by atoms with Gasteiger partial charge < -0.3 is 44.4 Å². The molecule has 0 aliphatic rings. The Morgan fingerprint density at radius 1 is 0.656 bits per heavy atom. The number of aromatic nitrogens is 4. The number of para-hydroxylation sites is 2. The number of hydrogen-bond donors (Lipinski definition) is 2. The first-order valence-electron chi connectivity index (χ1n) is 9.49. The Bertz CT molecular complexity index is 1080. The van der Waals surface area contributed by atoms with Crippen LogP contribution in [0.15, 0.2) is 95.8 Å². The Morgan fingerprint density at radius 2 is 1.03 bits per heavy atom. The number of halogens is 2. The smallest absolute Gasteiger partial charge is 0.308 e. The highest BCUT2D eigenvalue weighted by molar-refractivity contribution is 5.74. The van der Waals surface area contributed by atoms with Crippen LogP contribution in [-0.2, 0) is 13.1 Å². The second kappa shape index (κ2) is 12.0. The first-order chi connectivity index (χ1) is 14.8. The van der Waals surface area contributed by atoms with Crippen LogP contribution >= 0.6 is 0 Å². The maximum absolute atomic E-state index is 9.15. The normalized spacial score (nSPS) is 10.9. The van der Waals surface area contributed by atoms with E-state index in [1.165, 1.54) is 12.4 Å². The van der Waals surface area contributed by atoms with E-state index >= 15 is 0 Å². The van der Waals surface area contributed by atoms with E-state index in [0.717, 1.165) is 23.0 Å². The van der Waals surface area contributed by atoms with Crippen molar-refractivity contribution in [1.29, 1.82) is 0 Å². The van der Waals surface area contributed by atoms with Crippen LogP contribution in [0.1, 0.15) is 11.6 Å². The van der Waals surface area contributed by atoms with E-state index in [9.17, 15) is 0 Å². The molecule has 2 aromatic heterocycles. The van der Waals surface area contributed by atoms with Gasteiger partial charge in [0, 0.05) is 0 Å². The van der Waals surface area contributed by atoms with Crippen LogP contribution in [0.4, 0.5) is 0 Å². The van der Waals surface area contributed by atoms with Gasteiger partial charge in [-0.25, -0.2) is 9.13 Å². The highest BCUT2D eigenvalue weighted by Crippen LogP contribution is 2.09. The van der Waals surface area contributed by atoms with Gasteiger partial charge in [0.2, 0.25) is 0 Å². The van der Waals surface area contributed by atoms with Gasteiger partial charge in [0.1, 0.15) is 49.3 Å². The number of rotatable bonds is 7. The van der Waals surface area contributed by atoms with Crippen LogP contribution in [0.5, 0.6) is 0 Å². The summed E-state index contributed by atoms with van der Waals surface area (Å²) in [4.78, 5) is 0. The lowest BCUT2D eigenvalue weighted by Gasteiger charge is -2.02. The topological polar surface area (TPSA) is 82.8 Å². The molecule has 2 heterocycles. The van der Waals surface area contributed by atoms with Crippen molar-refractivity contribution < 1.29 is 53.5 Å². The van der Waals surface area contributed by atoms with Gasteiger partial charge >= 0.3 is 11.6 Å². The van der Waals surface area contributed by atoms with E-state index in [1.807, 2.05) is 104 Å². The maximum Gasteiger partial charge on any atom is 0.308 e. The molecule has 0 unspecified atom stereocenters. The van der Waals surface area contributed by atoms with Crippen LogP contribution < -0.4 is 43.1 Å². The summed E-state index contributed by atoms with van der Waals surface area (Å²) in [6, 6.07) is 19.7. The first kappa shape index (κ1) is 25.0. The third kappa shape index (κ3) is 5.32. The number of hydrogen-bond acceptors (Lipinski definition) is 4. The number of oxime groups is 2. The third-order valence-corrected chi connectivity index (χ3v) is 4.87. The Kier molecular flexibility index (Phi) is 9.36. The van der Waals surface area contributed by atoms with Gasteiger partial charge in [-0.1, -0.05) is 46.7 Å². The molecule has 166 valence electrons. The number of benzene rings is 2. The van der Waals surface area contributed by atoms with E-state index in [1.54, 1.807) is 0 Å². The number of aryl methyl sites for hydroxylation is 2. The fourth-order valence-electron chi connectivity index (χ4n) is 3.46. The van der Waals surface area contributed by atoms with E-state index in [-0.39, 0.29) is 34.0 Å². The van der Waals surface area contributed by atoms with E-state index in [2.05, 4.69) is 10.3 Å². The molecule has 0 atom stereocenters. The van der Waals surface area contributed by atoms with E-state index in [4.69, 9.17) is 10.4 Å².